The minimum atomic E-state index is -3.61. The molecule has 0 bridgehead atoms. The molecule has 0 heterocycles. The third-order valence-corrected chi connectivity index (χ3v) is 3.80. The lowest BCUT2D eigenvalue weighted by atomic mass is 9.86. The van der Waals surface area contributed by atoms with E-state index in [0.29, 0.717) is 5.56 Å². The van der Waals surface area contributed by atoms with Gasteiger partial charge in [0, 0.05) is 22.7 Å². The van der Waals surface area contributed by atoms with Crippen LogP contribution in [0.3, 0.4) is 0 Å². The maximum Gasteiger partial charge on any atom is 0.233 e. The molecule has 0 radical (unpaired) electrons. The molecule has 1 rings (SSSR count). The van der Waals surface area contributed by atoms with Gasteiger partial charge in [0.15, 0.2) is 5.78 Å². The first kappa shape index (κ1) is 15.2. The van der Waals surface area contributed by atoms with Crippen molar-refractivity contribution >= 4 is 25.5 Å². The molecule has 1 aromatic carbocycles. The Bertz CT molecular complexity index is 524. The summed E-state index contributed by atoms with van der Waals surface area (Å²) >= 11 is 0. The summed E-state index contributed by atoms with van der Waals surface area (Å²) in [7, 11) is 1.46. The summed E-state index contributed by atoms with van der Waals surface area (Å²) < 4.78 is 21.5. The van der Waals surface area contributed by atoms with Gasteiger partial charge < -0.3 is 0 Å². The van der Waals surface area contributed by atoms with Crippen LogP contribution in [0, 0.1) is 0 Å². The highest BCUT2D eigenvalue weighted by molar-refractivity contribution is 8.13. The third-order valence-electron chi connectivity index (χ3n) is 2.65. The standard InChI is InChI=1S/C13H17ClO3S/c1-13(2,3)11-6-4-10(5-7-11)12(15)8-9-18(14,16)17/h4-7H,8-9H2,1-3H3. The van der Waals surface area contributed by atoms with Crippen LogP contribution in [0.15, 0.2) is 24.3 Å². The zero-order valence-electron chi connectivity index (χ0n) is 10.7. The Morgan fingerprint density at radius 1 is 1.17 bits per heavy atom. The van der Waals surface area contributed by atoms with Crippen molar-refractivity contribution in [1.82, 2.24) is 0 Å². The lowest BCUT2D eigenvalue weighted by Gasteiger charge is -2.18. The topological polar surface area (TPSA) is 51.2 Å². The van der Waals surface area contributed by atoms with E-state index in [2.05, 4.69) is 20.8 Å². The van der Waals surface area contributed by atoms with Crippen LogP contribution in [-0.4, -0.2) is 20.0 Å². The molecule has 0 N–H and O–H groups in total. The normalized spacial score (nSPS) is 12.4. The molecule has 0 saturated heterocycles. The van der Waals surface area contributed by atoms with Crippen LogP contribution in [0.2, 0.25) is 0 Å². The fraction of sp³-hybridized carbons (Fsp3) is 0.462. The summed E-state index contributed by atoms with van der Waals surface area (Å²) in [6.45, 7) is 6.26. The van der Waals surface area contributed by atoms with Crippen molar-refractivity contribution in [2.24, 2.45) is 0 Å². The van der Waals surface area contributed by atoms with Crippen molar-refractivity contribution in [2.45, 2.75) is 32.6 Å². The van der Waals surface area contributed by atoms with Crippen molar-refractivity contribution in [2.75, 3.05) is 5.75 Å². The smallest absolute Gasteiger partial charge is 0.233 e. The van der Waals surface area contributed by atoms with E-state index in [-0.39, 0.29) is 23.4 Å². The maximum absolute atomic E-state index is 11.7. The van der Waals surface area contributed by atoms with E-state index in [0.717, 1.165) is 5.56 Å². The predicted octanol–water partition coefficient (Wildman–Crippen LogP) is 3.13. The second-order valence-corrected chi connectivity index (χ2v) is 8.14. The molecule has 5 heteroatoms. The van der Waals surface area contributed by atoms with Gasteiger partial charge in [0.05, 0.1) is 5.75 Å². The largest absolute Gasteiger partial charge is 0.294 e. The fourth-order valence-electron chi connectivity index (χ4n) is 1.52. The van der Waals surface area contributed by atoms with Crippen LogP contribution in [-0.2, 0) is 14.5 Å². The Labute approximate surface area is 113 Å². The summed E-state index contributed by atoms with van der Waals surface area (Å²) in [4.78, 5) is 11.7. The molecule has 100 valence electrons. The number of hydrogen-bond donors (Lipinski definition) is 0. The second-order valence-electron chi connectivity index (χ2n) is 5.24. The second kappa shape index (κ2) is 5.41. The molecular formula is C13H17ClO3S. The lowest BCUT2D eigenvalue weighted by Crippen LogP contribution is -2.12. The first-order valence-electron chi connectivity index (χ1n) is 5.66. The molecule has 0 unspecified atom stereocenters. The van der Waals surface area contributed by atoms with Crippen LogP contribution in [0.1, 0.15) is 43.1 Å². The highest BCUT2D eigenvalue weighted by Crippen LogP contribution is 2.22. The van der Waals surface area contributed by atoms with Crippen molar-refractivity contribution in [3.8, 4) is 0 Å². The number of carbonyl (C=O) groups is 1. The minimum Gasteiger partial charge on any atom is -0.294 e. The fourth-order valence-corrected chi connectivity index (χ4v) is 2.18. The molecule has 0 saturated carbocycles. The van der Waals surface area contributed by atoms with Gasteiger partial charge in [-0.2, -0.15) is 0 Å². The van der Waals surface area contributed by atoms with E-state index in [4.69, 9.17) is 10.7 Å². The van der Waals surface area contributed by atoms with Crippen LogP contribution in [0.25, 0.3) is 0 Å². The van der Waals surface area contributed by atoms with Gasteiger partial charge in [-0.3, -0.25) is 4.79 Å². The molecule has 0 fully saturated rings. The summed E-state index contributed by atoms with van der Waals surface area (Å²) in [5.74, 6) is -0.534. The summed E-state index contributed by atoms with van der Waals surface area (Å²) in [6, 6.07) is 7.23. The first-order valence-corrected chi connectivity index (χ1v) is 8.13. The summed E-state index contributed by atoms with van der Waals surface area (Å²) in [5.41, 5.74) is 1.67. The SMILES string of the molecule is CC(C)(C)c1ccc(C(=O)CCS(=O)(=O)Cl)cc1. The molecule has 18 heavy (non-hydrogen) atoms. The van der Waals surface area contributed by atoms with Gasteiger partial charge in [0.1, 0.15) is 0 Å². The van der Waals surface area contributed by atoms with E-state index < -0.39 is 9.05 Å². The van der Waals surface area contributed by atoms with Gasteiger partial charge in [-0.05, 0) is 11.0 Å². The number of Topliss-reactive ketones (excluding diaryl/α,β-unsaturated/α-hetero) is 1. The van der Waals surface area contributed by atoms with Gasteiger partial charge in [-0.1, -0.05) is 45.0 Å². The van der Waals surface area contributed by atoms with Crippen LogP contribution in [0.4, 0.5) is 0 Å². The molecule has 0 atom stereocenters. The van der Waals surface area contributed by atoms with Gasteiger partial charge in [-0.25, -0.2) is 8.42 Å². The van der Waals surface area contributed by atoms with Crippen LogP contribution in [0.5, 0.6) is 0 Å². The molecule has 0 aliphatic rings. The molecule has 0 aliphatic carbocycles. The molecule has 0 amide bonds. The van der Waals surface area contributed by atoms with E-state index in [1.165, 1.54) is 0 Å². The number of carbonyl (C=O) groups excluding carboxylic acids is 1. The van der Waals surface area contributed by atoms with Gasteiger partial charge in [0.25, 0.3) is 0 Å². The maximum atomic E-state index is 11.7. The monoisotopic (exact) mass is 288 g/mol. The zero-order chi connectivity index (χ0) is 14.0. The average Bonchev–Trinajstić information content (AvgIpc) is 2.24. The average molecular weight is 289 g/mol. The first-order chi connectivity index (χ1) is 8.09. The van der Waals surface area contributed by atoms with Crippen LogP contribution >= 0.6 is 10.7 Å². The Kier molecular flexibility index (Phi) is 4.56. The van der Waals surface area contributed by atoms with Crippen molar-refractivity contribution < 1.29 is 13.2 Å². The summed E-state index contributed by atoms with van der Waals surface area (Å²) in [5, 5.41) is 0. The molecule has 0 spiro atoms. The van der Waals surface area contributed by atoms with E-state index >= 15 is 0 Å². The van der Waals surface area contributed by atoms with E-state index in [1.54, 1.807) is 12.1 Å². The number of ketones is 1. The van der Waals surface area contributed by atoms with Crippen molar-refractivity contribution in [1.29, 1.82) is 0 Å². The van der Waals surface area contributed by atoms with Crippen molar-refractivity contribution in [3.63, 3.8) is 0 Å². The molecule has 0 aromatic heterocycles. The zero-order valence-corrected chi connectivity index (χ0v) is 12.3. The quantitative estimate of drug-likeness (QED) is 0.632. The Morgan fingerprint density at radius 2 is 1.67 bits per heavy atom. The Hall–Kier alpha value is -0.870. The Balaban J connectivity index is 2.77. The molecule has 0 aliphatic heterocycles. The molecule has 3 nitrogen and oxygen atoms in total. The van der Waals surface area contributed by atoms with Crippen LogP contribution < -0.4 is 0 Å². The lowest BCUT2D eigenvalue weighted by molar-refractivity contribution is 0.0989. The third kappa shape index (κ3) is 4.78. The predicted molar refractivity (Wildman–Crippen MR) is 73.7 cm³/mol. The summed E-state index contributed by atoms with van der Waals surface area (Å²) in [6.07, 6.45) is -0.0826. The van der Waals surface area contributed by atoms with Gasteiger partial charge in [-0.15, -0.1) is 0 Å². The van der Waals surface area contributed by atoms with Crippen molar-refractivity contribution in [3.05, 3.63) is 35.4 Å². The number of benzene rings is 1. The number of rotatable bonds is 4. The highest BCUT2D eigenvalue weighted by Gasteiger charge is 2.15. The number of hydrogen-bond acceptors (Lipinski definition) is 3. The van der Waals surface area contributed by atoms with E-state index in [9.17, 15) is 13.2 Å². The van der Waals surface area contributed by atoms with E-state index in [1.807, 2.05) is 12.1 Å². The Morgan fingerprint density at radius 3 is 2.06 bits per heavy atom. The number of halogens is 1. The molecular weight excluding hydrogens is 272 g/mol. The highest BCUT2D eigenvalue weighted by atomic mass is 35.7. The molecule has 1 aromatic rings. The minimum absolute atomic E-state index is 0.0288. The van der Waals surface area contributed by atoms with Gasteiger partial charge >= 0.3 is 0 Å². The van der Waals surface area contributed by atoms with Gasteiger partial charge in [0.2, 0.25) is 9.05 Å².